The Labute approximate surface area is 111 Å². The predicted molar refractivity (Wildman–Crippen MR) is 71.1 cm³/mol. The van der Waals surface area contributed by atoms with Gasteiger partial charge in [0.2, 0.25) is 0 Å². The Hall–Kier alpha value is -1.32. The lowest BCUT2D eigenvalue weighted by Gasteiger charge is -2.25. The van der Waals surface area contributed by atoms with Crippen LogP contribution >= 0.6 is 11.6 Å². The molecule has 3 rings (SSSR count). The van der Waals surface area contributed by atoms with Gasteiger partial charge in [0, 0.05) is 23.7 Å². The summed E-state index contributed by atoms with van der Waals surface area (Å²) in [6, 6.07) is 10.1. The lowest BCUT2D eigenvalue weighted by Crippen LogP contribution is -2.19. The molecule has 1 aliphatic heterocycles. The monoisotopic (exact) mass is 262 g/mol. The minimum Gasteiger partial charge on any atom is -0.373 e. The molecule has 3 nitrogen and oxygen atoms in total. The highest BCUT2D eigenvalue weighted by Crippen LogP contribution is 2.30. The van der Waals surface area contributed by atoms with Gasteiger partial charge in [0.25, 0.3) is 0 Å². The highest BCUT2D eigenvalue weighted by atomic mass is 35.5. The predicted octanol–water partition coefficient (Wildman–Crippen LogP) is 3.33. The van der Waals surface area contributed by atoms with Crippen molar-refractivity contribution >= 4 is 11.6 Å². The molecule has 4 heteroatoms. The molecule has 2 atom stereocenters. The summed E-state index contributed by atoms with van der Waals surface area (Å²) in [6.45, 7) is 0.731. The molecule has 0 amide bonds. The van der Waals surface area contributed by atoms with E-state index < -0.39 is 0 Å². The zero-order valence-electron chi connectivity index (χ0n) is 10.00. The molecule has 1 aliphatic rings. The zero-order chi connectivity index (χ0) is 12.4. The van der Waals surface area contributed by atoms with Crippen LogP contribution in [0.2, 0.25) is 0 Å². The number of rotatable bonds is 2. The van der Waals surface area contributed by atoms with E-state index >= 15 is 0 Å². The summed E-state index contributed by atoms with van der Waals surface area (Å²) in [4.78, 5) is 0. The topological polar surface area (TPSA) is 27.1 Å². The first kappa shape index (κ1) is 11.8. The fourth-order valence-electron chi connectivity index (χ4n) is 2.21. The molecule has 0 aliphatic carbocycles. The van der Waals surface area contributed by atoms with Gasteiger partial charge in [0.15, 0.2) is 0 Å². The van der Waals surface area contributed by atoms with Crippen LogP contribution in [0.5, 0.6) is 0 Å². The molecule has 1 fully saturated rings. The average Bonchev–Trinajstić information content (AvgIpc) is 2.89. The van der Waals surface area contributed by atoms with Gasteiger partial charge in [0.05, 0.1) is 18.0 Å². The quantitative estimate of drug-likeness (QED) is 0.777. The first-order valence-corrected chi connectivity index (χ1v) is 6.62. The molecule has 1 aromatic heterocycles. The molecule has 2 heterocycles. The molecule has 0 radical (unpaired) electrons. The molecule has 94 valence electrons. The van der Waals surface area contributed by atoms with Gasteiger partial charge in [-0.2, -0.15) is 5.10 Å². The number of ether oxygens (including phenoxy) is 1. The number of halogens is 1. The zero-order valence-corrected chi connectivity index (χ0v) is 10.8. The van der Waals surface area contributed by atoms with Crippen LogP contribution in [0.3, 0.4) is 0 Å². The van der Waals surface area contributed by atoms with Crippen LogP contribution < -0.4 is 0 Å². The third kappa shape index (κ3) is 2.42. The first-order valence-electron chi connectivity index (χ1n) is 6.18. The van der Waals surface area contributed by atoms with Gasteiger partial charge in [-0.25, -0.2) is 4.68 Å². The summed E-state index contributed by atoms with van der Waals surface area (Å²) >= 11 is 6.18. The van der Waals surface area contributed by atoms with Gasteiger partial charge >= 0.3 is 0 Å². The second kappa shape index (κ2) is 5.12. The number of para-hydroxylation sites is 1. The van der Waals surface area contributed by atoms with Crippen molar-refractivity contribution in [2.75, 3.05) is 6.61 Å². The SMILES string of the molecule is ClC1CCOC(c2cnn(-c3ccccc3)c2)C1. The van der Waals surface area contributed by atoms with Crippen LogP contribution in [0.1, 0.15) is 24.5 Å². The van der Waals surface area contributed by atoms with Crippen LogP contribution in [0.15, 0.2) is 42.7 Å². The Kier molecular flexibility index (Phi) is 3.35. The second-order valence-corrected chi connectivity index (χ2v) is 5.15. The van der Waals surface area contributed by atoms with Crippen LogP contribution in [0.25, 0.3) is 5.69 Å². The van der Waals surface area contributed by atoms with Gasteiger partial charge in [-0.3, -0.25) is 0 Å². The van der Waals surface area contributed by atoms with Crippen molar-refractivity contribution in [3.8, 4) is 5.69 Å². The average molecular weight is 263 g/mol. The molecule has 2 unspecified atom stereocenters. The Morgan fingerprint density at radius 3 is 2.89 bits per heavy atom. The number of hydrogen-bond donors (Lipinski definition) is 0. The maximum Gasteiger partial charge on any atom is 0.0869 e. The molecular formula is C14H15ClN2O. The minimum atomic E-state index is 0.0821. The van der Waals surface area contributed by atoms with Crippen molar-refractivity contribution < 1.29 is 4.74 Å². The third-order valence-corrected chi connectivity index (χ3v) is 3.61. The number of nitrogens with zero attached hydrogens (tertiary/aromatic N) is 2. The van der Waals surface area contributed by atoms with Crippen molar-refractivity contribution in [2.24, 2.45) is 0 Å². The Morgan fingerprint density at radius 2 is 2.11 bits per heavy atom. The van der Waals surface area contributed by atoms with Crippen molar-refractivity contribution in [1.82, 2.24) is 9.78 Å². The van der Waals surface area contributed by atoms with Crippen LogP contribution in [-0.2, 0) is 4.74 Å². The number of alkyl halides is 1. The van der Waals surface area contributed by atoms with Crippen molar-refractivity contribution in [1.29, 1.82) is 0 Å². The molecule has 18 heavy (non-hydrogen) atoms. The van der Waals surface area contributed by atoms with Gasteiger partial charge in [-0.1, -0.05) is 18.2 Å². The van der Waals surface area contributed by atoms with Gasteiger partial charge < -0.3 is 4.74 Å². The Balaban J connectivity index is 1.81. The maximum atomic E-state index is 6.18. The minimum absolute atomic E-state index is 0.0821. The van der Waals surface area contributed by atoms with E-state index in [9.17, 15) is 0 Å². The molecule has 1 saturated heterocycles. The van der Waals surface area contributed by atoms with E-state index in [0.29, 0.717) is 0 Å². The smallest absolute Gasteiger partial charge is 0.0869 e. The van der Waals surface area contributed by atoms with E-state index in [1.807, 2.05) is 47.4 Å². The summed E-state index contributed by atoms with van der Waals surface area (Å²) in [7, 11) is 0. The van der Waals surface area contributed by atoms with Crippen LogP contribution in [0.4, 0.5) is 0 Å². The Bertz CT molecular complexity index is 512. The highest BCUT2D eigenvalue weighted by Gasteiger charge is 2.23. The normalized spacial score (nSPS) is 24.1. The second-order valence-electron chi connectivity index (χ2n) is 4.53. The van der Waals surface area contributed by atoms with Gasteiger partial charge in [-0.15, -0.1) is 11.6 Å². The molecule has 2 aromatic rings. The largest absolute Gasteiger partial charge is 0.373 e. The van der Waals surface area contributed by atoms with E-state index in [0.717, 1.165) is 30.7 Å². The molecular weight excluding hydrogens is 248 g/mol. The van der Waals surface area contributed by atoms with E-state index in [1.54, 1.807) is 0 Å². The summed E-state index contributed by atoms with van der Waals surface area (Å²) in [5.74, 6) is 0. The van der Waals surface area contributed by atoms with Crippen LogP contribution in [-0.4, -0.2) is 21.8 Å². The fraction of sp³-hybridized carbons (Fsp3) is 0.357. The maximum absolute atomic E-state index is 6.18. The van der Waals surface area contributed by atoms with Crippen LogP contribution in [0, 0.1) is 0 Å². The van der Waals surface area contributed by atoms with Gasteiger partial charge in [0.1, 0.15) is 0 Å². The number of hydrogen-bond acceptors (Lipinski definition) is 2. The third-order valence-electron chi connectivity index (χ3n) is 3.22. The number of benzene rings is 1. The fourth-order valence-corrected chi connectivity index (χ4v) is 2.46. The number of aromatic nitrogens is 2. The van der Waals surface area contributed by atoms with Crippen molar-refractivity contribution in [2.45, 2.75) is 24.3 Å². The first-order chi connectivity index (χ1) is 8.83. The Morgan fingerprint density at radius 1 is 1.28 bits per heavy atom. The molecule has 1 aromatic carbocycles. The summed E-state index contributed by atoms with van der Waals surface area (Å²) < 4.78 is 7.62. The molecule has 0 bridgehead atoms. The van der Waals surface area contributed by atoms with E-state index in [2.05, 4.69) is 5.10 Å². The van der Waals surface area contributed by atoms with E-state index in [-0.39, 0.29) is 11.5 Å². The van der Waals surface area contributed by atoms with Gasteiger partial charge in [-0.05, 0) is 25.0 Å². The van der Waals surface area contributed by atoms with E-state index in [1.165, 1.54) is 0 Å². The molecule has 0 N–H and O–H groups in total. The standard InChI is InChI=1S/C14H15ClN2O/c15-12-6-7-18-14(8-12)11-9-16-17(10-11)13-4-2-1-3-5-13/h1-5,9-10,12,14H,6-8H2. The lowest BCUT2D eigenvalue weighted by molar-refractivity contribution is 0.0168. The highest BCUT2D eigenvalue weighted by molar-refractivity contribution is 6.20. The molecule has 0 spiro atoms. The summed E-state index contributed by atoms with van der Waals surface area (Å²) in [6.07, 6.45) is 5.77. The van der Waals surface area contributed by atoms with Crippen molar-refractivity contribution in [3.63, 3.8) is 0 Å². The van der Waals surface area contributed by atoms with E-state index in [4.69, 9.17) is 16.3 Å². The lowest BCUT2D eigenvalue weighted by atomic mass is 10.0. The summed E-state index contributed by atoms with van der Waals surface area (Å²) in [5.41, 5.74) is 2.16. The molecule has 0 saturated carbocycles. The van der Waals surface area contributed by atoms with Crippen molar-refractivity contribution in [3.05, 3.63) is 48.3 Å². The summed E-state index contributed by atoms with van der Waals surface area (Å²) in [5, 5.41) is 4.59.